The molecule has 210 valence electrons. The highest BCUT2D eigenvalue weighted by molar-refractivity contribution is 6.30. The number of nitrogens with zero attached hydrogens (tertiary/aromatic N) is 5. The lowest BCUT2D eigenvalue weighted by Crippen LogP contribution is -2.44. The van der Waals surface area contributed by atoms with Crippen LogP contribution in [0.25, 0.3) is 22.7 Å². The maximum absolute atomic E-state index is 13.8. The molecule has 0 aliphatic carbocycles. The van der Waals surface area contributed by atoms with Crippen LogP contribution in [0.3, 0.4) is 0 Å². The molecule has 11 nitrogen and oxygen atoms in total. The molecule has 3 aromatic carbocycles. The maximum atomic E-state index is 13.8. The van der Waals surface area contributed by atoms with E-state index in [9.17, 15) is 14.4 Å². The summed E-state index contributed by atoms with van der Waals surface area (Å²) in [6, 6.07) is 21.0. The molecule has 2 atom stereocenters. The molecule has 0 unspecified atom stereocenters. The lowest BCUT2D eigenvalue weighted by Gasteiger charge is -2.27. The average Bonchev–Trinajstić information content (AvgIpc) is 3.76. The second-order valence-corrected chi connectivity index (χ2v) is 10.3. The van der Waals surface area contributed by atoms with Gasteiger partial charge in [-0.3, -0.25) is 14.4 Å². The SMILES string of the molecule is NC(=O)c1cc2cc(NC(=O)[C@@H]3[C@@H](c4ccccc4)CCN3C(=O)/C=C/c3cc(Cl)ccc3-n3cnnn3)ccc2[nH]1. The molecule has 4 N–H and O–H groups in total. The van der Waals surface area contributed by atoms with Crippen molar-refractivity contribution in [2.75, 3.05) is 11.9 Å². The Hall–Kier alpha value is -5.29. The summed E-state index contributed by atoms with van der Waals surface area (Å²) in [4.78, 5) is 43.6. The first-order valence-electron chi connectivity index (χ1n) is 13.2. The van der Waals surface area contributed by atoms with Crippen molar-refractivity contribution in [1.29, 1.82) is 0 Å². The van der Waals surface area contributed by atoms with Crippen molar-refractivity contribution in [2.45, 2.75) is 18.4 Å². The Bertz CT molecular complexity index is 1820. The zero-order chi connectivity index (χ0) is 29.2. The summed E-state index contributed by atoms with van der Waals surface area (Å²) in [6.45, 7) is 0.398. The molecule has 0 bridgehead atoms. The molecule has 0 saturated carbocycles. The van der Waals surface area contributed by atoms with Crippen molar-refractivity contribution in [2.24, 2.45) is 5.73 Å². The van der Waals surface area contributed by atoms with Crippen LogP contribution in [0, 0.1) is 0 Å². The number of rotatable bonds is 7. The van der Waals surface area contributed by atoms with E-state index < -0.39 is 11.9 Å². The van der Waals surface area contributed by atoms with Gasteiger partial charge >= 0.3 is 0 Å². The second kappa shape index (κ2) is 11.3. The number of carbonyl (C=O) groups excluding carboxylic acids is 3. The molecule has 12 heteroatoms. The fourth-order valence-corrected chi connectivity index (χ4v) is 5.55. The van der Waals surface area contributed by atoms with Gasteiger partial charge in [-0.25, -0.2) is 0 Å². The van der Waals surface area contributed by atoms with Gasteiger partial charge in [0.1, 0.15) is 18.1 Å². The summed E-state index contributed by atoms with van der Waals surface area (Å²) in [7, 11) is 0. The predicted octanol–water partition coefficient (Wildman–Crippen LogP) is 3.93. The third-order valence-corrected chi connectivity index (χ3v) is 7.56. The van der Waals surface area contributed by atoms with Gasteiger partial charge in [0.25, 0.3) is 5.91 Å². The Kier molecular flexibility index (Phi) is 7.24. The lowest BCUT2D eigenvalue weighted by molar-refractivity contribution is -0.133. The molecule has 6 rings (SSSR count). The minimum absolute atomic E-state index is 0.205. The van der Waals surface area contributed by atoms with Gasteiger partial charge in [0.2, 0.25) is 11.8 Å². The standard InChI is InChI=1S/C30H25ClN8O3/c31-21-7-10-26(39-17-33-36-37-39)19(14-21)6-11-27(40)38-13-12-23(18-4-2-1-3-5-18)28(38)30(42)34-22-8-9-24-20(15-22)16-25(35-24)29(32)41/h1-11,14-17,23,28,35H,12-13H2,(H2,32,41)(H,34,42)/b11-6+/t23-,28+/m1/s1. The fourth-order valence-electron chi connectivity index (χ4n) is 5.37. The van der Waals surface area contributed by atoms with Crippen LogP contribution >= 0.6 is 11.6 Å². The highest BCUT2D eigenvalue weighted by atomic mass is 35.5. The van der Waals surface area contributed by atoms with E-state index in [4.69, 9.17) is 17.3 Å². The number of aromatic nitrogens is 5. The van der Waals surface area contributed by atoms with Gasteiger partial charge in [0.05, 0.1) is 5.69 Å². The summed E-state index contributed by atoms with van der Waals surface area (Å²) >= 11 is 6.23. The largest absolute Gasteiger partial charge is 0.364 e. The molecule has 1 fully saturated rings. The quantitative estimate of drug-likeness (QED) is 0.248. The van der Waals surface area contributed by atoms with Crippen LogP contribution < -0.4 is 11.1 Å². The number of anilines is 1. The number of fused-ring (bicyclic) bond motifs is 1. The highest BCUT2D eigenvalue weighted by Crippen LogP contribution is 2.35. The van der Waals surface area contributed by atoms with Crippen molar-refractivity contribution in [1.82, 2.24) is 30.1 Å². The number of amides is 3. The van der Waals surface area contributed by atoms with Gasteiger partial charge in [-0.2, -0.15) is 4.68 Å². The smallest absolute Gasteiger partial charge is 0.265 e. The molecule has 42 heavy (non-hydrogen) atoms. The fraction of sp³-hybridized carbons (Fsp3) is 0.133. The van der Waals surface area contributed by atoms with Crippen LogP contribution in [-0.4, -0.2) is 60.4 Å². The van der Waals surface area contributed by atoms with Crippen LogP contribution in [0.2, 0.25) is 5.02 Å². The summed E-state index contributed by atoms with van der Waals surface area (Å²) in [5, 5.41) is 15.5. The first-order valence-corrected chi connectivity index (χ1v) is 13.5. The van der Waals surface area contributed by atoms with E-state index in [0.29, 0.717) is 40.4 Å². The molecule has 1 saturated heterocycles. The van der Waals surface area contributed by atoms with Crippen molar-refractivity contribution in [3.63, 3.8) is 0 Å². The van der Waals surface area contributed by atoms with E-state index >= 15 is 0 Å². The first kappa shape index (κ1) is 26.9. The molecular weight excluding hydrogens is 556 g/mol. The van der Waals surface area contributed by atoms with Crippen LogP contribution in [0.5, 0.6) is 0 Å². The number of nitrogens with one attached hydrogen (secondary N) is 2. The molecule has 1 aliphatic heterocycles. The monoisotopic (exact) mass is 580 g/mol. The number of tetrazole rings is 1. The lowest BCUT2D eigenvalue weighted by atomic mass is 9.91. The second-order valence-electron chi connectivity index (χ2n) is 9.91. The van der Waals surface area contributed by atoms with E-state index in [2.05, 4.69) is 25.8 Å². The molecule has 3 amide bonds. The number of primary amides is 1. The summed E-state index contributed by atoms with van der Waals surface area (Å²) < 4.78 is 1.48. The Morgan fingerprint density at radius 3 is 2.64 bits per heavy atom. The molecule has 3 heterocycles. The number of hydrogen-bond donors (Lipinski definition) is 3. The van der Waals surface area contributed by atoms with Crippen molar-refractivity contribution < 1.29 is 14.4 Å². The van der Waals surface area contributed by atoms with Crippen LogP contribution in [0.15, 0.2) is 85.2 Å². The molecule has 0 radical (unpaired) electrons. The third kappa shape index (κ3) is 5.37. The van der Waals surface area contributed by atoms with Crippen molar-refractivity contribution in [3.8, 4) is 5.69 Å². The van der Waals surface area contributed by atoms with Gasteiger partial charge in [-0.15, -0.1) is 5.10 Å². The minimum atomic E-state index is -0.758. The number of halogens is 1. The number of nitrogens with two attached hydrogens (primary N) is 1. The summed E-state index contributed by atoms with van der Waals surface area (Å²) in [6.07, 6.45) is 5.15. The van der Waals surface area contributed by atoms with E-state index in [0.717, 1.165) is 10.9 Å². The normalized spacial score (nSPS) is 16.7. The first-order chi connectivity index (χ1) is 20.4. The zero-order valence-corrected chi connectivity index (χ0v) is 22.9. The summed E-state index contributed by atoms with van der Waals surface area (Å²) in [5.41, 5.74) is 9.18. The molecular formula is C30H25ClN8O3. The van der Waals surface area contributed by atoms with Gasteiger partial charge < -0.3 is 20.9 Å². The number of aromatic amines is 1. The minimum Gasteiger partial charge on any atom is -0.364 e. The Morgan fingerprint density at radius 2 is 1.88 bits per heavy atom. The predicted molar refractivity (Wildman–Crippen MR) is 158 cm³/mol. The van der Waals surface area contributed by atoms with E-state index in [-0.39, 0.29) is 23.4 Å². The molecule has 0 spiro atoms. The topological polar surface area (TPSA) is 152 Å². The molecule has 5 aromatic rings. The van der Waals surface area contributed by atoms with Crippen molar-refractivity contribution in [3.05, 3.63) is 107 Å². The van der Waals surface area contributed by atoms with Gasteiger partial charge in [-0.1, -0.05) is 41.9 Å². The number of likely N-dealkylation sites (tertiary alicyclic amines) is 1. The highest BCUT2D eigenvalue weighted by Gasteiger charge is 2.42. The molecule has 1 aliphatic rings. The Labute approximate surface area is 245 Å². The Morgan fingerprint density at radius 1 is 1.05 bits per heavy atom. The van der Waals surface area contributed by atoms with E-state index in [1.54, 1.807) is 53.4 Å². The number of H-pyrrole nitrogens is 1. The van der Waals surface area contributed by atoms with Crippen LogP contribution in [-0.2, 0) is 9.59 Å². The van der Waals surface area contributed by atoms with E-state index in [1.165, 1.54) is 17.1 Å². The maximum Gasteiger partial charge on any atom is 0.265 e. The number of benzene rings is 3. The third-order valence-electron chi connectivity index (χ3n) is 7.32. The van der Waals surface area contributed by atoms with Gasteiger partial charge in [0, 0.05) is 45.7 Å². The summed E-state index contributed by atoms with van der Waals surface area (Å²) in [5.74, 6) is -1.41. The molecule has 2 aromatic heterocycles. The number of carbonyl (C=O) groups is 3. The number of hydrogen-bond acceptors (Lipinski definition) is 6. The van der Waals surface area contributed by atoms with Crippen molar-refractivity contribution >= 4 is 52.0 Å². The van der Waals surface area contributed by atoms with E-state index in [1.807, 2.05) is 30.3 Å². The average molecular weight is 581 g/mol. The van der Waals surface area contributed by atoms with Crippen LogP contribution in [0.1, 0.15) is 34.0 Å². The Balaban J connectivity index is 1.29. The van der Waals surface area contributed by atoms with Gasteiger partial charge in [-0.05, 0) is 71.0 Å². The van der Waals surface area contributed by atoms with Crippen LogP contribution in [0.4, 0.5) is 5.69 Å². The zero-order valence-electron chi connectivity index (χ0n) is 22.1. The van der Waals surface area contributed by atoms with Gasteiger partial charge in [0.15, 0.2) is 0 Å².